The standard InChI is InChI=1S/C26H28N4O/c1-21-7-9-22(10-8-21)19-27-28-26(31)24-13-11-23(12-14-24)20-29-15-17-30(18-16-29)25-5-3-2-4-6-25/h2-14,19H,15-18,20H2,1H3,(H,28,31)/b27-19-. The number of para-hydroxylation sites is 1. The van der Waals surface area contributed by atoms with Crippen LogP contribution in [0, 0.1) is 6.92 Å². The highest BCUT2D eigenvalue weighted by Gasteiger charge is 2.17. The molecule has 0 radical (unpaired) electrons. The van der Waals surface area contributed by atoms with Crippen molar-refractivity contribution in [2.75, 3.05) is 31.1 Å². The Hall–Kier alpha value is -3.44. The largest absolute Gasteiger partial charge is 0.369 e. The number of piperazine rings is 1. The molecule has 0 bridgehead atoms. The molecule has 3 aromatic carbocycles. The van der Waals surface area contributed by atoms with Gasteiger partial charge >= 0.3 is 0 Å². The number of rotatable bonds is 6. The molecule has 0 spiro atoms. The smallest absolute Gasteiger partial charge is 0.271 e. The summed E-state index contributed by atoms with van der Waals surface area (Å²) >= 11 is 0. The zero-order chi connectivity index (χ0) is 21.5. The minimum atomic E-state index is -0.202. The van der Waals surface area contributed by atoms with Crippen molar-refractivity contribution in [3.8, 4) is 0 Å². The van der Waals surface area contributed by atoms with E-state index < -0.39 is 0 Å². The van der Waals surface area contributed by atoms with E-state index in [9.17, 15) is 4.79 Å². The SMILES string of the molecule is Cc1ccc(/C=N\NC(=O)c2ccc(CN3CCN(c4ccccc4)CC3)cc2)cc1. The van der Waals surface area contributed by atoms with Crippen molar-refractivity contribution in [2.24, 2.45) is 5.10 Å². The fourth-order valence-electron chi connectivity index (χ4n) is 3.71. The Morgan fingerprint density at radius 3 is 2.26 bits per heavy atom. The van der Waals surface area contributed by atoms with Crippen LogP contribution in [0.1, 0.15) is 27.0 Å². The fourth-order valence-corrected chi connectivity index (χ4v) is 3.71. The zero-order valence-electron chi connectivity index (χ0n) is 17.9. The lowest BCUT2D eigenvalue weighted by Crippen LogP contribution is -2.45. The van der Waals surface area contributed by atoms with E-state index in [2.05, 4.69) is 50.7 Å². The van der Waals surface area contributed by atoms with Gasteiger partial charge in [0.05, 0.1) is 6.21 Å². The van der Waals surface area contributed by atoms with E-state index in [0.29, 0.717) is 5.56 Å². The Morgan fingerprint density at radius 1 is 0.903 bits per heavy atom. The van der Waals surface area contributed by atoms with Crippen LogP contribution in [0.15, 0.2) is 84.0 Å². The van der Waals surface area contributed by atoms with Gasteiger partial charge in [-0.3, -0.25) is 9.69 Å². The molecule has 0 aromatic heterocycles. The van der Waals surface area contributed by atoms with E-state index in [4.69, 9.17) is 0 Å². The molecule has 31 heavy (non-hydrogen) atoms. The van der Waals surface area contributed by atoms with Gasteiger partial charge in [-0.25, -0.2) is 5.43 Å². The molecule has 1 aliphatic rings. The van der Waals surface area contributed by atoms with Gasteiger partial charge in [0.1, 0.15) is 0 Å². The van der Waals surface area contributed by atoms with Crippen molar-refractivity contribution >= 4 is 17.8 Å². The number of carbonyl (C=O) groups excluding carboxylic acids is 1. The van der Waals surface area contributed by atoms with Gasteiger partial charge in [0.2, 0.25) is 0 Å². The fraction of sp³-hybridized carbons (Fsp3) is 0.231. The summed E-state index contributed by atoms with van der Waals surface area (Å²) in [6, 6.07) is 26.4. The molecular formula is C26H28N4O. The molecule has 5 nitrogen and oxygen atoms in total. The van der Waals surface area contributed by atoms with Crippen LogP contribution in [0.5, 0.6) is 0 Å². The predicted molar refractivity (Wildman–Crippen MR) is 127 cm³/mol. The minimum Gasteiger partial charge on any atom is -0.369 e. The second kappa shape index (κ2) is 10.0. The van der Waals surface area contributed by atoms with Crippen molar-refractivity contribution in [1.29, 1.82) is 0 Å². The topological polar surface area (TPSA) is 47.9 Å². The third-order valence-electron chi connectivity index (χ3n) is 5.57. The lowest BCUT2D eigenvalue weighted by atomic mass is 10.1. The monoisotopic (exact) mass is 412 g/mol. The first-order valence-corrected chi connectivity index (χ1v) is 10.7. The highest BCUT2D eigenvalue weighted by Crippen LogP contribution is 2.17. The predicted octanol–water partition coefficient (Wildman–Crippen LogP) is 4.08. The molecule has 158 valence electrons. The molecular weight excluding hydrogens is 384 g/mol. The number of hydrogen-bond acceptors (Lipinski definition) is 4. The molecule has 1 saturated heterocycles. The molecule has 1 heterocycles. The first-order chi connectivity index (χ1) is 15.2. The van der Waals surface area contributed by atoms with Crippen molar-refractivity contribution < 1.29 is 4.79 Å². The van der Waals surface area contributed by atoms with Crippen LogP contribution in [-0.2, 0) is 6.54 Å². The minimum absolute atomic E-state index is 0.202. The summed E-state index contributed by atoms with van der Waals surface area (Å²) < 4.78 is 0. The first-order valence-electron chi connectivity index (χ1n) is 10.7. The van der Waals surface area contributed by atoms with Gasteiger partial charge in [0, 0.05) is 44.0 Å². The molecule has 5 heteroatoms. The third-order valence-corrected chi connectivity index (χ3v) is 5.57. The van der Waals surface area contributed by atoms with Crippen molar-refractivity contribution in [1.82, 2.24) is 10.3 Å². The second-order valence-corrected chi connectivity index (χ2v) is 7.91. The van der Waals surface area contributed by atoms with E-state index in [1.165, 1.54) is 16.8 Å². The molecule has 1 aliphatic heterocycles. The Morgan fingerprint density at radius 2 is 1.58 bits per heavy atom. The molecule has 0 atom stereocenters. The summed E-state index contributed by atoms with van der Waals surface area (Å²) in [5.41, 5.74) is 7.86. The second-order valence-electron chi connectivity index (χ2n) is 7.91. The Bertz CT molecular complexity index is 1010. The molecule has 3 aromatic rings. The number of aryl methyl sites for hydroxylation is 1. The molecule has 1 N–H and O–H groups in total. The van der Waals surface area contributed by atoms with Gasteiger partial charge in [-0.05, 0) is 42.3 Å². The maximum atomic E-state index is 12.3. The molecule has 0 unspecified atom stereocenters. The number of nitrogens with one attached hydrogen (secondary N) is 1. The molecule has 4 rings (SSSR count). The van der Waals surface area contributed by atoms with Crippen molar-refractivity contribution in [3.05, 3.63) is 101 Å². The average Bonchev–Trinajstić information content (AvgIpc) is 2.82. The first kappa shape index (κ1) is 20.8. The molecule has 1 amide bonds. The summed E-state index contributed by atoms with van der Waals surface area (Å²) in [5.74, 6) is -0.202. The molecule has 1 fully saturated rings. The number of anilines is 1. The van der Waals surface area contributed by atoms with Crippen LogP contribution >= 0.6 is 0 Å². The number of amides is 1. The van der Waals surface area contributed by atoms with Gasteiger partial charge in [-0.2, -0.15) is 5.10 Å². The number of nitrogens with zero attached hydrogens (tertiary/aromatic N) is 3. The molecule has 0 saturated carbocycles. The summed E-state index contributed by atoms with van der Waals surface area (Å²) in [6.45, 7) is 7.07. The summed E-state index contributed by atoms with van der Waals surface area (Å²) in [6.07, 6.45) is 1.65. The van der Waals surface area contributed by atoms with E-state index in [0.717, 1.165) is 38.3 Å². The normalized spacial score (nSPS) is 14.7. The van der Waals surface area contributed by atoms with Gasteiger partial charge in [-0.15, -0.1) is 0 Å². The van der Waals surface area contributed by atoms with E-state index >= 15 is 0 Å². The number of hydrogen-bond donors (Lipinski definition) is 1. The van der Waals surface area contributed by atoms with E-state index in [1.54, 1.807) is 6.21 Å². The summed E-state index contributed by atoms with van der Waals surface area (Å²) in [5, 5.41) is 4.06. The van der Waals surface area contributed by atoms with E-state index in [-0.39, 0.29) is 5.91 Å². The van der Waals surface area contributed by atoms with Gasteiger partial charge in [0.15, 0.2) is 0 Å². The Kier molecular flexibility index (Phi) is 6.75. The lowest BCUT2D eigenvalue weighted by molar-refractivity contribution is 0.0955. The maximum Gasteiger partial charge on any atom is 0.271 e. The van der Waals surface area contributed by atoms with Crippen LogP contribution in [0.3, 0.4) is 0 Å². The quantitative estimate of drug-likeness (QED) is 0.490. The Balaban J connectivity index is 1.25. The Labute approximate surface area is 184 Å². The number of benzene rings is 3. The zero-order valence-corrected chi connectivity index (χ0v) is 17.9. The van der Waals surface area contributed by atoms with Gasteiger partial charge in [0.25, 0.3) is 5.91 Å². The highest BCUT2D eigenvalue weighted by atomic mass is 16.2. The van der Waals surface area contributed by atoms with Crippen molar-refractivity contribution in [3.63, 3.8) is 0 Å². The van der Waals surface area contributed by atoms with Crippen molar-refractivity contribution in [2.45, 2.75) is 13.5 Å². The van der Waals surface area contributed by atoms with Crippen LogP contribution in [0.4, 0.5) is 5.69 Å². The van der Waals surface area contributed by atoms with E-state index in [1.807, 2.05) is 55.5 Å². The van der Waals surface area contributed by atoms with Crippen LogP contribution in [-0.4, -0.2) is 43.2 Å². The van der Waals surface area contributed by atoms with Crippen LogP contribution in [0.2, 0.25) is 0 Å². The van der Waals surface area contributed by atoms with Crippen LogP contribution < -0.4 is 10.3 Å². The van der Waals surface area contributed by atoms with Crippen LogP contribution in [0.25, 0.3) is 0 Å². The number of hydrazone groups is 1. The highest BCUT2D eigenvalue weighted by molar-refractivity contribution is 5.94. The maximum absolute atomic E-state index is 12.3. The van der Waals surface area contributed by atoms with Gasteiger partial charge < -0.3 is 4.90 Å². The number of carbonyl (C=O) groups is 1. The van der Waals surface area contributed by atoms with Gasteiger partial charge in [-0.1, -0.05) is 60.2 Å². The summed E-state index contributed by atoms with van der Waals surface area (Å²) in [4.78, 5) is 17.2. The summed E-state index contributed by atoms with van der Waals surface area (Å²) in [7, 11) is 0. The lowest BCUT2D eigenvalue weighted by Gasteiger charge is -2.36. The average molecular weight is 413 g/mol. The molecule has 0 aliphatic carbocycles. The third kappa shape index (κ3) is 5.80.